The minimum atomic E-state index is 0. The third kappa shape index (κ3) is 7.76. The van der Waals surface area contributed by atoms with Crippen molar-refractivity contribution in [3.05, 3.63) is 52.8 Å². The minimum absolute atomic E-state index is 0. The van der Waals surface area contributed by atoms with Crippen LogP contribution >= 0.6 is 24.0 Å². The van der Waals surface area contributed by atoms with Gasteiger partial charge in [0.25, 0.3) is 0 Å². The summed E-state index contributed by atoms with van der Waals surface area (Å²) in [6.45, 7) is 13.8. The molecule has 0 aliphatic carbocycles. The molecular weight excluding hydrogens is 511 g/mol. The first-order valence-electron chi connectivity index (χ1n) is 11.8. The maximum absolute atomic E-state index is 4.93. The Morgan fingerprint density at radius 3 is 2.66 bits per heavy atom. The first-order valence-corrected chi connectivity index (χ1v) is 11.8. The number of nitrogens with zero attached hydrogens (tertiary/aromatic N) is 4. The summed E-state index contributed by atoms with van der Waals surface area (Å²) in [6.07, 6.45) is 3.32. The Bertz CT molecular complexity index is 848. The molecule has 1 fully saturated rings. The molecule has 32 heavy (non-hydrogen) atoms. The van der Waals surface area contributed by atoms with Gasteiger partial charge in [-0.3, -0.25) is 9.67 Å². The summed E-state index contributed by atoms with van der Waals surface area (Å²) in [5.41, 5.74) is 5.13. The molecular formula is C25H41IN6. The van der Waals surface area contributed by atoms with E-state index in [4.69, 9.17) is 4.99 Å². The topological polar surface area (TPSA) is 57.5 Å². The van der Waals surface area contributed by atoms with Crippen LogP contribution in [0.2, 0.25) is 0 Å². The molecule has 7 heteroatoms. The number of aromatic nitrogens is 2. The van der Waals surface area contributed by atoms with Crippen LogP contribution < -0.4 is 10.6 Å². The number of nitrogens with one attached hydrogen (secondary N) is 2. The summed E-state index contributed by atoms with van der Waals surface area (Å²) in [5.74, 6) is 1.57. The van der Waals surface area contributed by atoms with E-state index in [-0.39, 0.29) is 24.0 Å². The zero-order valence-corrected chi connectivity index (χ0v) is 22.7. The minimum Gasteiger partial charge on any atom is -0.357 e. The zero-order chi connectivity index (χ0) is 22.2. The van der Waals surface area contributed by atoms with E-state index >= 15 is 0 Å². The molecule has 0 saturated carbocycles. The molecule has 2 unspecified atom stereocenters. The molecule has 0 bridgehead atoms. The second kappa shape index (κ2) is 13.2. The highest BCUT2D eigenvalue weighted by Crippen LogP contribution is 2.17. The predicted molar refractivity (Wildman–Crippen MR) is 145 cm³/mol. The second-order valence-corrected chi connectivity index (χ2v) is 8.93. The Morgan fingerprint density at radius 2 is 2.00 bits per heavy atom. The van der Waals surface area contributed by atoms with Gasteiger partial charge in [0.1, 0.15) is 0 Å². The molecule has 6 nitrogen and oxygen atoms in total. The van der Waals surface area contributed by atoms with Crippen LogP contribution in [0, 0.1) is 19.8 Å². The van der Waals surface area contributed by atoms with E-state index in [1.165, 1.54) is 29.8 Å². The van der Waals surface area contributed by atoms with Crippen molar-refractivity contribution in [1.82, 2.24) is 25.3 Å². The van der Waals surface area contributed by atoms with Gasteiger partial charge in [0.05, 0.1) is 5.69 Å². The van der Waals surface area contributed by atoms with Crippen LogP contribution in [0.5, 0.6) is 0 Å². The lowest BCUT2D eigenvalue weighted by molar-refractivity contribution is 0.329. The number of hydrogen-bond donors (Lipinski definition) is 2. The summed E-state index contributed by atoms with van der Waals surface area (Å²) in [4.78, 5) is 7.51. The summed E-state index contributed by atoms with van der Waals surface area (Å²) in [7, 11) is 2.01. The fraction of sp³-hybridized carbons (Fsp3) is 0.600. The van der Waals surface area contributed by atoms with Crippen molar-refractivity contribution >= 4 is 29.9 Å². The summed E-state index contributed by atoms with van der Waals surface area (Å²) >= 11 is 0. The largest absolute Gasteiger partial charge is 0.357 e. The summed E-state index contributed by atoms with van der Waals surface area (Å²) in [6, 6.07) is 11.1. The van der Waals surface area contributed by atoms with Crippen LogP contribution in [0.3, 0.4) is 0 Å². The van der Waals surface area contributed by atoms with E-state index in [0.29, 0.717) is 12.0 Å². The lowest BCUT2D eigenvalue weighted by Crippen LogP contribution is -2.43. The molecule has 2 N–H and O–H groups in total. The van der Waals surface area contributed by atoms with Crippen molar-refractivity contribution in [2.24, 2.45) is 18.0 Å². The van der Waals surface area contributed by atoms with E-state index in [1.807, 2.05) is 11.7 Å². The Labute approximate surface area is 211 Å². The van der Waals surface area contributed by atoms with Gasteiger partial charge in [-0.1, -0.05) is 30.3 Å². The van der Waals surface area contributed by atoms with Crippen LogP contribution in [0.4, 0.5) is 0 Å². The van der Waals surface area contributed by atoms with Gasteiger partial charge in [-0.2, -0.15) is 5.10 Å². The number of halogens is 1. The van der Waals surface area contributed by atoms with Gasteiger partial charge in [-0.05, 0) is 70.5 Å². The molecule has 1 saturated heterocycles. The molecule has 1 aromatic carbocycles. The number of rotatable bonds is 9. The normalized spacial score (nSPS) is 17.8. The van der Waals surface area contributed by atoms with Crippen molar-refractivity contribution in [1.29, 1.82) is 0 Å². The highest BCUT2D eigenvalue weighted by Gasteiger charge is 2.22. The van der Waals surface area contributed by atoms with Crippen LogP contribution in [-0.4, -0.2) is 59.4 Å². The first kappa shape index (κ1) is 26.6. The molecule has 0 spiro atoms. The number of benzene rings is 1. The van der Waals surface area contributed by atoms with Crippen LogP contribution in [0.25, 0.3) is 0 Å². The summed E-state index contributed by atoms with van der Waals surface area (Å²) < 4.78 is 1.97. The fourth-order valence-electron chi connectivity index (χ4n) is 4.44. The zero-order valence-electron chi connectivity index (χ0n) is 20.4. The van der Waals surface area contributed by atoms with Crippen molar-refractivity contribution < 1.29 is 0 Å². The van der Waals surface area contributed by atoms with E-state index in [2.05, 4.69) is 78.7 Å². The van der Waals surface area contributed by atoms with E-state index in [9.17, 15) is 0 Å². The Balaban J connectivity index is 0.00000363. The molecule has 0 radical (unpaired) electrons. The maximum atomic E-state index is 4.93. The van der Waals surface area contributed by atoms with E-state index in [1.54, 1.807) is 0 Å². The number of aliphatic imine (C=N–C) groups is 1. The molecule has 2 atom stereocenters. The monoisotopic (exact) mass is 552 g/mol. The highest BCUT2D eigenvalue weighted by atomic mass is 127. The number of guanidine groups is 1. The van der Waals surface area contributed by atoms with Gasteiger partial charge in [0, 0.05) is 45.0 Å². The smallest absolute Gasteiger partial charge is 0.191 e. The Kier molecular flexibility index (Phi) is 11.0. The molecule has 178 valence electrons. The van der Waals surface area contributed by atoms with E-state index < -0.39 is 0 Å². The van der Waals surface area contributed by atoms with Crippen LogP contribution in [0.1, 0.15) is 42.8 Å². The quantitative estimate of drug-likeness (QED) is 0.283. The molecule has 3 rings (SSSR count). The average Bonchev–Trinajstić information content (AvgIpc) is 3.31. The van der Waals surface area contributed by atoms with Crippen molar-refractivity contribution in [3.8, 4) is 0 Å². The third-order valence-corrected chi connectivity index (χ3v) is 6.33. The number of likely N-dealkylation sites (tertiary alicyclic amines) is 1. The predicted octanol–water partition coefficient (Wildman–Crippen LogP) is 3.71. The Morgan fingerprint density at radius 1 is 1.25 bits per heavy atom. The van der Waals surface area contributed by atoms with Crippen molar-refractivity contribution in [2.75, 3.05) is 32.7 Å². The van der Waals surface area contributed by atoms with Gasteiger partial charge < -0.3 is 15.5 Å². The molecule has 1 aliphatic rings. The van der Waals surface area contributed by atoms with Gasteiger partial charge in [-0.15, -0.1) is 24.0 Å². The SMILES string of the molecule is CCNC(=NCC1CCN(CCc2ccccc2)C1)NC(C)Cc1c(C)nn(C)c1C.I. The van der Waals surface area contributed by atoms with Crippen LogP contribution in [-0.2, 0) is 19.9 Å². The number of aryl methyl sites for hydroxylation is 2. The van der Waals surface area contributed by atoms with Gasteiger partial charge in [0.15, 0.2) is 5.96 Å². The molecule has 2 heterocycles. The highest BCUT2D eigenvalue weighted by molar-refractivity contribution is 14.0. The number of hydrogen-bond acceptors (Lipinski definition) is 3. The lowest BCUT2D eigenvalue weighted by Gasteiger charge is -2.19. The molecule has 0 amide bonds. The van der Waals surface area contributed by atoms with Gasteiger partial charge in [-0.25, -0.2) is 0 Å². The third-order valence-electron chi connectivity index (χ3n) is 6.33. The Hall–Kier alpha value is -1.61. The van der Waals surface area contributed by atoms with Gasteiger partial charge >= 0.3 is 0 Å². The van der Waals surface area contributed by atoms with Gasteiger partial charge in [0.2, 0.25) is 0 Å². The summed E-state index contributed by atoms with van der Waals surface area (Å²) in [5, 5.41) is 11.6. The standard InChI is InChI=1S/C25H40N6.HI/c1-6-26-25(28-19(2)16-24-20(3)29-30(5)21(24)4)27-17-23-13-15-31(18-23)14-12-22-10-8-7-9-11-22;/h7-11,19,23H,6,12-18H2,1-5H3,(H2,26,27,28);1H. The molecule has 1 aliphatic heterocycles. The van der Waals surface area contributed by atoms with E-state index in [0.717, 1.165) is 50.7 Å². The first-order chi connectivity index (χ1) is 15.0. The lowest BCUT2D eigenvalue weighted by atomic mass is 10.1. The second-order valence-electron chi connectivity index (χ2n) is 8.93. The average molecular weight is 553 g/mol. The van der Waals surface area contributed by atoms with Crippen molar-refractivity contribution in [3.63, 3.8) is 0 Å². The maximum Gasteiger partial charge on any atom is 0.191 e. The van der Waals surface area contributed by atoms with Crippen LogP contribution in [0.15, 0.2) is 35.3 Å². The molecule has 1 aromatic heterocycles. The fourth-order valence-corrected chi connectivity index (χ4v) is 4.44. The van der Waals surface area contributed by atoms with Crippen molar-refractivity contribution in [2.45, 2.75) is 53.0 Å². The molecule has 2 aromatic rings.